The summed E-state index contributed by atoms with van der Waals surface area (Å²) in [6, 6.07) is 11.4. The molecule has 0 radical (unpaired) electrons. The third-order valence-electron chi connectivity index (χ3n) is 4.46. The number of rotatable bonds is 5. The zero-order valence-electron chi connectivity index (χ0n) is 13.7. The summed E-state index contributed by atoms with van der Waals surface area (Å²) in [7, 11) is 1.58. The second-order valence-corrected chi connectivity index (χ2v) is 6.07. The molecule has 1 saturated heterocycles. The number of hydrogen-bond donors (Lipinski definition) is 2. The van der Waals surface area contributed by atoms with Crippen molar-refractivity contribution in [2.45, 2.75) is 31.5 Å². The van der Waals surface area contributed by atoms with Gasteiger partial charge >= 0.3 is 0 Å². The zero-order valence-corrected chi connectivity index (χ0v) is 13.7. The van der Waals surface area contributed by atoms with Crippen LogP contribution in [0.4, 0.5) is 8.78 Å². The summed E-state index contributed by atoms with van der Waals surface area (Å²) in [4.78, 5) is 0. The highest BCUT2D eigenvalue weighted by molar-refractivity contribution is 5.34. The van der Waals surface area contributed by atoms with Crippen molar-refractivity contribution in [3.05, 3.63) is 65.2 Å². The monoisotopic (exact) mass is 332 g/mol. The van der Waals surface area contributed by atoms with Crippen LogP contribution >= 0.6 is 0 Å². The lowest BCUT2D eigenvalue weighted by Crippen LogP contribution is -2.45. The van der Waals surface area contributed by atoms with Crippen LogP contribution in [0.2, 0.25) is 0 Å². The van der Waals surface area contributed by atoms with Gasteiger partial charge < -0.3 is 15.4 Å². The Morgan fingerprint density at radius 2 is 2.00 bits per heavy atom. The summed E-state index contributed by atoms with van der Waals surface area (Å²) >= 11 is 0. The van der Waals surface area contributed by atoms with E-state index in [4.69, 9.17) is 4.74 Å². The maximum Gasteiger partial charge on any atom is 0.123 e. The van der Waals surface area contributed by atoms with Gasteiger partial charge in [-0.05, 0) is 55.3 Å². The van der Waals surface area contributed by atoms with Crippen molar-refractivity contribution >= 4 is 0 Å². The van der Waals surface area contributed by atoms with Crippen molar-refractivity contribution in [3.8, 4) is 5.75 Å². The Bertz CT molecular complexity index is 693. The molecule has 128 valence electrons. The van der Waals surface area contributed by atoms with E-state index in [1.54, 1.807) is 25.3 Å². The third kappa shape index (κ3) is 3.91. The van der Waals surface area contributed by atoms with Gasteiger partial charge in [0.1, 0.15) is 17.4 Å². The van der Waals surface area contributed by atoms with Gasteiger partial charge in [-0.25, -0.2) is 8.78 Å². The minimum Gasteiger partial charge on any atom is -0.496 e. The second-order valence-electron chi connectivity index (χ2n) is 6.07. The normalized spacial score (nSPS) is 20.8. The molecule has 1 aliphatic rings. The molecule has 0 bridgehead atoms. The molecule has 0 spiro atoms. The van der Waals surface area contributed by atoms with Crippen molar-refractivity contribution in [3.63, 3.8) is 0 Å². The minimum atomic E-state index is -0.281. The molecule has 24 heavy (non-hydrogen) atoms. The minimum absolute atomic E-state index is 0.0361. The van der Waals surface area contributed by atoms with Crippen molar-refractivity contribution in [2.24, 2.45) is 0 Å². The van der Waals surface area contributed by atoms with Crippen LogP contribution in [-0.2, 0) is 6.54 Å². The largest absolute Gasteiger partial charge is 0.496 e. The summed E-state index contributed by atoms with van der Waals surface area (Å²) in [6.07, 6.45) is 2.02. The van der Waals surface area contributed by atoms with Gasteiger partial charge in [-0.15, -0.1) is 0 Å². The van der Waals surface area contributed by atoms with Crippen molar-refractivity contribution in [2.75, 3.05) is 13.7 Å². The molecule has 5 heteroatoms. The van der Waals surface area contributed by atoms with Gasteiger partial charge in [-0.1, -0.05) is 12.1 Å². The Labute approximate surface area is 141 Å². The van der Waals surface area contributed by atoms with E-state index < -0.39 is 0 Å². The Morgan fingerprint density at radius 1 is 1.17 bits per heavy atom. The maximum absolute atomic E-state index is 13.5. The predicted octanol–water partition coefficient (Wildman–Crippen LogP) is 3.56. The Kier molecular flexibility index (Phi) is 5.43. The lowest BCUT2D eigenvalue weighted by atomic mass is 9.92. The first-order chi connectivity index (χ1) is 11.7. The van der Waals surface area contributed by atoms with Gasteiger partial charge in [0.05, 0.1) is 7.11 Å². The van der Waals surface area contributed by atoms with Gasteiger partial charge in [-0.3, -0.25) is 0 Å². The number of hydrogen-bond acceptors (Lipinski definition) is 3. The summed E-state index contributed by atoms with van der Waals surface area (Å²) in [5.74, 6) is 0.149. The maximum atomic E-state index is 13.5. The number of benzene rings is 2. The first kappa shape index (κ1) is 16.9. The summed E-state index contributed by atoms with van der Waals surface area (Å²) in [5, 5.41) is 6.93. The average molecular weight is 332 g/mol. The highest BCUT2D eigenvalue weighted by Gasteiger charge is 2.26. The molecular weight excluding hydrogens is 310 g/mol. The smallest absolute Gasteiger partial charge is 0.123 e. The highest BCUT2D eigenvalue weighted by atomic mass is 19.1. The molecule has 0 aromatic heterocycles. The molecule has 1 fully saturated rings. The van der Waals surface area contributed by atoms with Crippen LogP contribution < -0.4 is 15.4 Å². The number of piperidine rings is 1. The average Bonchev–Trinajstić information content (AvgIpc) is 2.60. The molecule has 3 rings (SSSR count). The van der Waals surface area contributed by atoms with Crippen molar-refractivity contribution in [1.29, 1.82) is 0 Å². The van der Waals surface area contributed by atoms with E-state index >= 15 is 0 Å². The topological polar surface area (TPSA) is 33.3 Å². The van der Waals surface area contributed by atoms with E-state index in [1.807, 2.05) is 6.07 Å². The van der Waals surface area contributed by atoms with Crippen LogP contribution in [0.3, 0.4) is 0 Å². The van der Waals surface area contributed by atoms with Gasteiger partial charge in [0.2, 0.25) is 0 Å². The molecule has 0 aliphatic carbocycles. The Morgan fingerprint density at radius 3 is 2.79 bits per heavy atom. The molecule has 0 amide bonds. The van der Waals surface area contributed by atoms with E-state index in [9.17, 15) is 8.78 Å². The number of methoxy groups -OCH3 is 1. The summed E-state index contributed by atoms with van der Waals surface area (Å²) in [6.45, 7) is 1.40. The van der Waals surface area contributed by atoms with Gasteiger partial charge in [-0.2, -0.15) is 0 Å². The van der Waals surface area contributed by atoms with Gasteiger partial charge in [0.15, 0.2) is 0 Å². The Hall–Kier alpha value is -1.98. The lowest BCUT2D eigenvalue weighted by molar-refractivity contribution is 0.302. The predicted molar refractivity (Wildman–Crippen MR) is 90.0 cm³/mol. The molecular formula is C19H22F2N2O. The molecule has 2 atom stereocenters. The molecule has 0 unspecified atom stereocenters. The van der Waals surface area contributed by atoms with Crippen LogP contribution in [0.1, 0.15) is 30.0 Å². The molecule has 1 heterocycles. The fourth-order valence-electron chi connectivity index (χ4n) is 3.28. The van der Waals surface area contributed by atoms with E-state index in [-0.39, 0.29) is 23.7 Å². The standard InChI is InChI=1S/C19H22F2N2O/c1-24-18-8-7-16(21)11-14(18)12-23-17-6-3-9-22-19(17)13-4-2-5-15(20)10-13/h2,4-5,7-8,10-11,17,19,22-23H,3,6,9,12H2,1H3/t17-,19-/m1/s1. The zero-order chi connectivity index (χ0) is 16.9. The molecule has 2 aromatic rings. The van der Waals surface area contributed by atoms with Crippen LogP contribution in [0.15, 0.2) is 42.5 Å². The van der Waals surface area contributed by atoms with Crippen LogP contribution in [0.25, 0.3) is 0 Å². The molecule has 1 aliphatic heterocycles. The quantitative estimate of drug-likeness (QED) is 0.878. The van der Waals surface area contributed by atoms with Gasteiger partial charge in [0.25, 0.3) is 0 Å². The summed E-state index contributed by atoms with van der Waals surface area (Å²) in [5.41, 5.74) is 1.71. The summed E-state index contributed by atoms with van der Waals surface area (Å²) < 4.78 is 32.3. The van der Waals surface area contributed by atoms with Crippen molar-refractivity contribution < 1.29 is 13.5 Å². The molecule has 3 nitrogen and oxygen atoms in total. The van der Waals surface area contributed by atoms with Crippen LogP contribution in [0, 0.1) is 11.6 Å². The lowest BCUT2D eigenvalue weighted by Gasteiger charge is -2.34. The van der Waals surface area contributed by atoms with E-state index in [0.29, 0.717) is 12.3 Å². The van der Waals surface area contributed by atoms with E-state index in [1.165, 1.54) is 18.2 Å². The van der Waals surface area contributed by atoms with Gasteiger partial charge in [0, 0.05) is 24.2 Å². The molecule has 2 aromatic carbocycles. The SMILES string of the molecule is COc1ccc(F)cc1CN[C@@H]1CCCN[C@@H]1c1cccc(F)c1. The van der Waals surface area contributed by atoms with Crippen LogP contribution in [-0.4, -0.2) is 19.7 Å². The fourth-order valence-corrected chi connectivity index (χ4v) is 3.28. The first-order valence-electron chi connectivity index (χ1n) is 8.22. The fraction of sp³-hybridized carbons (Fsp3) is 0.368. The molecule has 0 saturated carbocycles. The van der Waals surface area contributed by atoms with E-state index in [2.05, 4.69) is 10.6 Å². The highest BCUT2D eigenvalue weighted by Crippen LogP contribution is 2.26. The third-order valence-corrected chi connectivity index (χ3v) is 4.46. The molecule has 2 N–H and O–H groups in total. The first-order valence-corrected chi connectivity index (χ1v) is 8.22. The number of nitrogens with one attached hydrogen (secondary N) is 2. The van der Waals surface area contributed by atoms with E-state index in [0.717, 1.165) is 30.5 Å². The number of halogens is 2. The van der Waals surface area contributed by atoms with Crippen molar-refractivity contribution in [1.82, 2.24) is 10.6 Å². The number of ether oxygens (including phenoxy) is 1. The van der Waals surface area contributed by atoms with Crippen LogP contribution in [0.5, 0.6) is 5.75 Å². The Balaban J connectivity index is 1.74. The second kappa shape index (κ2) is 7.73.